The molecule has 3 aromatic carbocycles. The highest BCUT2D eigenvalue weighted by Gasteiger charge is 2.42. The molecule has 2 saturated heterocycles. The molecule has 1 spiro atoms. The van der Waals surface area contributed by atoms with Crippen LogP contribution in [0.5, 0.6) is 5.75 Å². The third kappa shape index (κ3) is 5.59. The first kappa shape index (κ1) is 24.8. The normalized spacial score (nSPS) is 20.2. The molecule has 3 nitrogen and oxygen atoms in total. The Hall–Kier alpha value is -1.91. The number of piperidine rings is 2. The Morgan fingerprint density at radius 1 is 0.857 bits per heavy atom. The molecule has 6 heteroatoms. The maximum atomic E-state index is 6.69. The van der Waals surface area contributed by atoms with Gasteiger partial charge in [-0.15, -0.1) is 0 Å². The molecule has 2 heterocycles. The highest BCUT2D eigenvalue weighted by Crippen LogP contribution is 2.48. The van der Waals surface area contributed by atoms with Crippen molar-refractivity contribution in [1.82, 2.24) is 4.90 Å². The molecule has 0 radical (unpaired) electrons. The lowest BCUT2D eigenvalue weighted by molar-refractivity contribution is 0.0755. The summed E-state index contributed by atoms with van der Waals surface area (Å²) in [5.41, 5.74) is 4.00. The fourth-order valence-corrected chi connectivity index (χ4v) is 6.39. The van der Waals surface area contributed by atoms with Gasteiger partial charge in [-0.2, -0.15) is 0 Å². The molecule has 0 aromatic heterocycles. The molecular weight excluding hydrogens is 499 g/mol. The average molecular weight is 530 g/mol. The Morgan fingerprint density at radius 3 is 2.20 bits per heavy atom. The Morgan fingerprint density at radius 2 is 1.54 bits per heavy atom. The number of rotatable bonds is 5. The Balaban J connectivity index is 1.33. The standard InChI is InChI=1S/C29H31Cl3N2O/c1-35-25-9-2-21(3-10-25)19-33-16-14-29(15-17-33)13-12-28(26-11-6-23(31)18-27(26)32)34(20-29)24-7-4-22(30)5-8-24/h2-11,18,28H,12-17,19-20H2,1H3/t28-/m1/s1. The minimum atomic E-state index is 0.226. The van der Waals surface area contributed by atoms with Gasteiger partial charge in [0.25, 0.3) is 0 Å². The molecule has 3 aromatic rings. The van der Waals surface area contributed by atoms with Crippen molar-refractivity contribution in [2.75, 3.05) is 31.6 Å². The predicted octanol–water partition coefficient (Wildman–Crippen LogP) is 8.28. The first-order valence-corrected chi connectivity index (χ1v) is 13.4. The summed E-state index contributed by atoms with van der Waals surface area (Å²) in [5, 5.41) is 2.17. The quantitative estimate of drug-likeness (QED) is 0.331. The van der Waals surface area contributed by atoms with Gasteiger partial charge in [-0.25, -0.2) is 0 Å². The van der Waals surface area contributed by atoms with Gasteiger partial charge in [0.2, 0.25) is 0 Å². The first-order valence-electron chi connectivity index (χ1n) is 12.3. The number of likely N-dealkylation sites (tertiary alicyclic amines) is 1. The molecule has 0 saturated carbocycles. The van der Waals surface area contributed by atoms with Crippen molar-refractivity contribution in [3.05, 3.63) is 92.9 Å². The number of anilines is 1. The molecule has 2 aliphatic rings. The minimum absolute atomic E-state index is 0.226. The second kappa shape index (κ2) is 10.6. The van der Waals surface area contributed by atoms with Gasteiger partial charge in [0, 0.05) is 33.8 Å². The second-order valence-corrected chi connectivity index (χ2v) is 11.2. The van der Waals surface area contributed by atoms with Gasteiger partial charge in [0.1, 0.15) is 5.75 Å². The van der Waals surface area contributed by atoms with Gasteiger partial charge in [-0.1, -0.05) is 53.0 Å². The fourth-order valence-electron chi connectivity index (χ4n) is 5.73. The lowest BCUT2D eigenvalue weighted by Crippen LogP contribution is -2.50. The van der Waals surface area contributed by atoms with Crippen LogP contribution in [0, 0.1) is 5.41 Å². The topological polar surface area (TPSA) is 15.7 Å². The van der Waals surface area contributed by atoms with Gasteiger partial charge in [-0.05, 0) is 104 Å². The van der Waals surface area contributed by atoms with Crippen molar-refractivity contribution < 1.29 is 4.74 Å². The van der Waals surface area contributed by atoms with E-state index in [2.05, 4.69) is 40.1 Å². The summed E-state index contributed by atoms with van der Waals surface area (Å²) >= 11 is 19.1. The van der Waals surface area contributed by atoms with E-state index in [1.54, 1.807) is 7.11 Å². The summed E-state index contributed by atoms with van der Waals surface area (Å²) in [5.74, 6) is 0.909. The number of ether oxygens (including phenoxy) is 1. The number of hydrogen-bond acceptors (Lipinski definition) is 3. The third-order valence-electron chi connectivity index (χ3n) is 7.79. The maximum absolute atomic E-state index is 6.69. The summed E-state index contributed by atoms with van der Waals surface area (Å²) in [6.45, 7) is 4.25. The molecule has 2 fully saturated rings. The van der Waals surface area contributed by atoms with E-state index in [0.29, 0.717) is 10.4 Å². The van der Waals surface area contributed by atoms with Crippen molar-refractivity contribution >= 4 is 40.5 Å². The van der Waals surface area contributed by atoms with Crippen molar-refractivity contribution in [2.24, 2.45) is 5.41 Å². The van der Waals surface area contributed by atoms with Crippen LogP contribution in [0.2, 0.25) is 15.1 Å². The average Bonchev–Trinajstić information content (AvgIpc) is 2.87. The molecule has 5 rings (SSSR count). The zero-order chi connectivity index (χ0) is 24.4. The minimum Gasteiger partial charge on any atom is -0.497 e. The van der Waals surface area contributed by atoms with Crippen molar-refractivity contribution in [3.63, 3.8) is 0 Å². The van der Waals surface area contributed by atoms with Crippen LogP contribution in [0.15, 0.2) is 66.7 Å². The summed E-state index contributed by atoms with van der Waals surface area (Å²) in [6.07, 6.45) is 4.68. The SMILES string of the molecule is COc1ccc(CN2CCC3(CC[C@H](c4ccc(Cl)cc4Cl)N(c4ccc(Cl)cc4)C3)CC2)cc1. The highest BCUT2D eigenvalue weighted by molar-refractivity contribution is 6.35. The van der Waals surface area contributed by atoms with Gasteiger partial charge < -0.3 is 9.64 Å². The van der Waals surface area contributed by atoms with Crippen LogP contribution < -0.4 is 9.64 Å². The first-order chi connectivity index (χ1) is 16.9. The van der Waals surface area contributed by atoms with Gasteiger partial charge in [0.15, 0.2) is 0 Å². The van der Waals surface area contributed by atoms with Crippen LogP contribution in [0.4, 0.5) is 5.69 Å². The number of halogens is 3. The molecule has 35 heavy (non-hydrogen) atoms. The molecule has 1 atom stereocenters. The van der Waals surface area contributed by atoms with E-state index in [1.807, 2.05) is 36.4 Å². The lowest BCUT2D eigenvalue weighted by Gasteiger charge is -2.51. The molecule has 0 N–H and O–H groups in total. The van der Waals surface area contributed by atoms with E-state index < -0.39 is 0 Å². The number of nitrogens with zero attached hydrogens (tertiary/aromatic N) is 2. The zero-order valence-electron chi connectivity index (χ0n) is 20.0. The summed E-state index contributed by atoms with van der Waals surface area (Å²) in [6, 6.07) is 22.8. The van der Waals surface area contributed by atoms with E-state index in [4.69, 9.17) is 39.5 Å². The molecule has 0 amide bonds. The Labute approximate surface area is 223 Å². The van der Waals surface area contributed by atoms with Crippen molar-refractivity contribution in [3.8, 4) is 5.75 Å². The summed E-state index contributed by atoms with van der Waals surface area (Å²) in [7, 11) is 1.71. The van der Waals surface area contributed by atoms with Crippen LogP contribution in [0.3, 0.4) is 0 Å². The van der Waals surface area contributed by atoms with E-state index in [-0.39, 0.29) is 6.04 Å². The Bertz CT molecular complexity index is 1140. The largest absolute Gasteiger partial charge is 0.497 e. The Kier molecular flexibility index (Phi) is 7.50. The van der Waals surface area contributed by atoms with E-state index >= 15 is 0 Å². The maximum Gasteiger partial charge on any atom is 0.118 e. The molecule has 0 aliphatic carbocycles. The zero-order valence-corrected chi connectivity index (χ0v) is 22.3. The fraction of sp³-hybridized carbons (Fsp3) is 0.379. The van der Waals surface area contributed by atoms with Gasteiger partial charge in [0.05, 0.1) is 13.2 Å². The van der Waals surface area contributed by atoms with Gasteiger partial charge in [-0.3, -0.25) is 4.90 Å². The second-order valence-electron chi connectivity index (χ2n) is 9.95. The van der Waals surface area contributed by atoms with Crippen LogP contribution >= 0.6 is 34.8 Å². The highest BCUT2D eigenvalue weighted by atomic mass is 35.5. The van der Waals surface area contributed by atoms with Crippen LogP contribution in [-0.2, 0) is 6.54 Å². The predicted molar refractivity (Wildman–Crippen MR) is 147 cm³/mol. The van der Waals surface area contributed by atoms with Crippen LogP contribution in [0.25, 0.3) is 0 Å². The monoisotopic (exact) mass is 528 g/mol. The lowest BCUT2D eigenvalue weighted by atomic mass is 9.70. The van der Waals surface area contributed by atoms with E-state index in [1.165, 1.54) is 30.5 Å². The van der Waals surface area contributed by atoms with E-state index in [0.717, 1.165) is 54.0 Å². The number of benzene rings is 3. The third-order valence-corrected chi connectivity index (χ3v) is 8.61. The van der Waals surface area contributed by atoms with E-state index in [9.17, 15) is 0 Å². The summed E-state index contributed by atoms with van der Waals surface area (Å²) < 4.78 is 5.30. The molecule has 0 unspecified atom stereocenters. The number of hydrogen-bond donors (Lipinski definition) is 0. The van der Waals surface area contributed by atoms with Gasteiger partial charge >= 0.3 is 0 Å². The molecule has 0 bridgehead atoms. The molecular formula is C29H31Cl3N2O. The molecule has 184 valence electrons. The van der Waals surface area contributed by atoms with Crippen LogP contribution in [-0.4, -0.2) is 31.6 Å². The number of methoxy groups -OCH3 is 1. The van der Waals surface area contributed by atoms with Crippen LogP contribution in [0.1, 0.15) is 42.9 Å². The van der Waals surface area contributed by atoms with Crippen molar-refractivity contribution in [1.29, 1.82) is 0 Å². The van der Waals surface area contributed by atoms with Crippen molar-refractivity contribution in [2.45, 2.75) is 38.3 Å². The smallest absolute Gasteiger partial charge is 0.118 e. The summed E-state index contributed by atoms with van der Waals surface area (Å²) in [4.78, 5) is 5.13. The molecule has 2 aliphatic heterocycles.